The molecule has 108 valence electrons. The monoisotopic (exact) mass is 272 g/mol. The van der Waals surface area contributed by atoms with E-state index < -0.39 is 0 Å². The van der Waals surface area contributed by atoms with Crippen LogP contribution in [0.1, 0.15) is 40.5 Å². The minimum atomic E-state index is 0.790. The van der Waals surface area contributed by atoms with Crippen LogP contribution in [0.15, 0.2) is 0 Å². The summed E-state index contributed by atoms with van der Waals surface area (Å²) in [5.74, 6) is 2.17. The van der Waals surface area contributed by atoms with Gasteiger partial charge in [-0.25, -0.2) is 0 Å². The molecule has 0 bridgehead atoms. The predicted octanol–water partition coefficient (Wildman–Crippen LogP) is 3.18. The molecule has 0 saturated carbocycles. The van der Waals surface area contributed by atoms with Crippen molar-refractivity contribution in [2.75, 3.05) is 45.0 Å². The van der Waals surface area contributed by atoms with Gasteiger partial charge < -0.3 is 9.80 Å². The lowest BCUT2D eigenvalue weighted by Gasteiger charge is -2.35. The maximum atomic E-state index is 2.65. The molecule has 1 heterocycles. The summed E-state index contributed by atoms with van der Waals surface area (Å²) < 4.78 is 0. The van der Waals surface area contributed by atoms with Crippen LogP contribution in [0.3, 0.4) is 0 Å². The molecule has 0 aromatic heterocycles. The summed E-state index contributed by atoms with van der Waals surface area (Å²) in [4.78, 5) is 5.28. The van der Waals surface area contributed by atoms with E-state index in [9.17, 15) is 0 Å². The van der Waals surface area contributed by atoms with Gasteiger partial charge in [0.15, 0.2) is 0 Å². The SMILES string of the molecule is CC(C)CCN1CCN(CCCSC(C)C)CC1. The van der Waals surface area contributed by atoms with Crippen molar-refractivity contribution in [1.82, 2.24) is 9.80 Å². The van der Waals surface area contributed by atoms with E-state index in [2.05, 4.69) is 49.3 Å². The molecule has 1 saturated heterocycles. The van der Waals surface area contributed by atoms with Gasteiger partial charge in [0.25, 0.3) is 0 Å². The maximum absolute atomic E-state index is 2.65. The van der Waals surface area contributed by atoms with Crippen molar-refractivity contribution in [2.24, 2.45) is 5.92 Å². The molecule has 1 rings (SSSR count). The van der Waals surface area contributed by atoms with Gasteiger partial charge in [0, 0.05) is 26.2 Å². The first-order valence-corrected chi connectivity index (χ1v) is 8.69. The zero-order valence-electron chi connectivity index (χ0n) is 12.8. The van der Waals surface area contributed by atoms with Gasteiger partial charge in [0.2, 0.25) is 0 Å². The Morgan fingerprint density at radius 3 is 1.94 bits per heavy atom. The van der Waals surface area contributed by atoms with Gasteiger partial charge in [-0.3, -0.25) is 0 Å². The summed E-state index contributed by atoms with van der Waals surface area (Å²) in [6, 6.07) is 0. The standard InChI is InChI=1S/C15H32N2S/c1-14(2)6-8-17-11-9-16(10-12-17)7-5-13-18-15(3)4/h14-15H,5-13H2,1-4H3. The number of nitrogens with zero attached hydrogens (tertiary/aromatic N) is 2. The molecule has 0 amide bonds. The van der Waals surface area contributed by atoms with Crippen LogP contribution in [0.25, 0.3) is 0 Å². The summed E-state index contributed by atoms with van der Waals surface area (Å²) in [7, 11) is 0. The smallest absolute Gasteiger partial charge is 0.0110 e. The minimum absolute atomic E-state index is 0.790. The first kappa shape index (κ1) is 16.3. The average molecular weight is 273 g/mol. The Morgan fingerprint density at radius 1 is 0.889 bits per heavy atom. The van der Waals surface area contributed by atoms with Crippen LogP contribution >= 0.6 is 11.8 Å². The highest BCUT2D eigenvalue weighted by atomic mass is 32.2. The molecule has 0 aliphatic carbocycles. The summed E-state index contributed by atoms with van der Waals surface area (Å²) in [6.45, 7) is 17.0. The van der Waals surface area contributed by atoms with Crippen LogP contribution in [-0.2, 0) is 0 Å². The normalized spacial score (nSPS) is 19.0. The Morgan fingerprint density at radius 2 is 1.44 bits per heavy atom. The fourth-order valence-electron chi connectivity index (χ4n) is 2.28. The molecule has 0 N–H and O–H groups in total. The predicted molar refractivity (Wildman–Crippen MR) is 84.5 cm³/mol. The Bertz CT molecular complexity index is 199. The van der Waals surface area contributed by atoms with E-state index in [1.54, 1.807) is 0 Å². The molecule has 0 spiro atoms. The molecular weight excluding hydrogens is 240 g/mol. The molecule has 0 unspecified atom stereocenters. The zero-order valence-corrected chi connectivity index (χ0v) is 13.6. The Balaban J connectivity index is 2.01. The fourth-order valence-corrected chi connectivity index (χ4v) is 3.05. The lowest BCUT2D eigenvalue weighted by atomic mass is 10.1. The van der Waals surface area contributed by atoms with Gasteiger partial charge in [-0.05, 0) is 42.9 Å². The molecule has 0 aromatic rings. The summed E-state index contributed by atoms with van der Waals surface area (Å²) in [5, 5.41) is 0.790. The Hall–Kier alpha value is 0.270. The number of hydrogen-bond donors (Lipinski definition) is 0. The van der Waals surface area contributed by atoms with Crippen molar-refractivity contribution in [1.29, 1.82) is 0 Å². The van der Waals surface area contributed by atoms with Crippen molar-refractivity contribution >= 4 is 11.8 Å². The van der Waals surface area contributed by atoms with Crippen molar-refractivity contribution in [3.8, 4) is 0 Å². The molecule has 1 aliphatic heterocycles. The van der Waals surface area contributed by atoms with Crippen LogP contribution in [0.2, 0.25) is 0 Å². The van der Waals surface area contributed by atoms with Gasteiger partial charge >= 0.3 is 0 Å². The lowest BCUT2D eigenvalue weighted by molar-refractivity contribution is 0.128. The highest BCUT2D eigenvalue weighted by Gasteiger charge is 2.16. The molecule has 1 aliphatic rings. The van der Waals surface area contributed by atoms with E-state index in [0.717, 1.165) is 11.2 Å². The van der Waals surface area contributed by atoms with Crippen molar-refractivity contribution < 1.29 is 0 Å². The number of thioether (sulfide) groups is 1. The van der Waals surface area contributed by atoms with E-state index in [0.29, 0.717) is 0 Å². The third-order valence-electron chi connectivity index (χ3n) is 3.56. The molecule has 2 nitrogen and oxygen atoms in total. The summed E-state index contributed by atoms with van der Waals surface area (Å²) >= 11 is 2.09. The van der Waals surface area contributed by atoms with Crippen LogP contribution in [-0.4, -0.2) is 60.1 Å². The van der Waals surface area contributed by atoms with Gasteiger partial charge in [-0.15, -0.1) is 0 Å². The second-order valence-electron chi connectivity index (χ2n) is 6.14. The van der Waals surface area contributed by atoms with Crippen LogP contribution in [0.4, 0.5) is 0 Å². The zero-order chi connectivity index (χ0) is 13.4. The first-order chi connectivity index (χ1) is 8.58. The molecule has 3 heteroatoms. The molecular formula is C15H32N2S. The molecule has 1 fully saturated rings. The number of hydrogen-bond acceptors (Lipinski definition) is 3. The Labute approximate surface area is 118 Å². The Kier molecular flexibility index (Phi) is 8.36. The van der Waals surface area contributed by atoms with Gasteiger partial charge in [0.1, 0.15) is 0 Å². The van der Waals surface area contributed by atoms with Gasteiger partial charge in [0.05, 0.1) is 0 Å². The highest BCUT2D eigenvalue weighted by molar-refractivity contribution is 7.99. The summed E-state index contributed by atoms with van der Waals surface area (Å²) in [6.07, 6.45) is 2.71. The number of piperazine rings is 1. The van der Waals surface area contributed by atoms with Gasteiger partial charge in [-0.1, -0.05) is 27.7 Å². The fraction of sp³-hybridized carbons (Fsp3) is 1.00. The van der Waals surface area contributed by atoms with Crippen molar-refractivity contribution in [3.63, 3.8) is 0 Å². The lowest BCUT2D eigenvalue weighted by Crippen LogP contribution is -2.47. The maximum Gasteiger partial charge on any atom is 0.0110 e. The van der Waals surface area contributed by atoms with Crippen molar-refractivity contribution in [3.05, 3.63) is 0 Å². The van der Waals surface area contributed by atoms with Crippen LogP contribution in [0, 0.1) is 5.92 Å². The molecule has 0 atom stereocenters. The highest BCUT2D eigenvalue weighted by Crippen LogP contribution is 2.11. The van der Waals surface area contributed by atoms with Crippen molar-refractivity contribution in [2.45, 2.75) is 45.8 Å². The second kappa shape index (κ2) is 9.22. The minimum Gasteiger partial charge on any atom is -0.301 e. The second-order valence-corrected chi connectivity index (χ2v) is 7.82. The van der Waals surface area contributed by atoms with E-state index in [-0.39, 0.29) is 0 Å². The van der Waals surface area contributed by atoms with E-state index in [4.69, 9.17) is 0 Å². The van der Waals surface area contributed by atoms with E-state index in [1.807, 2.05) is 0 Å². The molecule has 0 radical (unpaired) electrons. The van der Waals surface area contributed by atoms with Crippen LogP contribution < -0.4 is 0 Å². The molecule has 18 heavy (non-hydrogen) atoms. The topological polar surface area (TPSA) is 6.48 Å². The van der Waals surface area contributed by atoms with E-state index in [1.165, 1.54) is 57.9 Å². The largest absolute Gasteiger partial charge is 0.301 e. The summed E-state index contributed by atoms with van der Waals surface area (Å²) in [5.41, 5.74) is 0. The first-order valence-electron chi connectivity index (χ1n) is 7.64. The van der Waals surface area contributed by atoms with Gasteiger partial charge in [-0.2, -0.15) is 11.8 Å². The van der Waals surface area contributed by atoms with Crippen LogP contribution in [0.5, 0.6) is 0 Å². The van der Waals surface area contributed by atoms with E-state index >= 15 is 0 Å². The number of rotatable bonds is 8. The third kappa shape index (κ3) is 7.65. The molecule has 0 aromatic carbocycles. The quantitative estimate of drug-likeness (QED) is 0.627. The average Bonchev–Trinajstić information content (AvgIpc) is 2.33. The third-order valence-corrected chi connectivity index (χ3v) is 4.75.